The number of hydrogen-bond donors (Lipinski definition) is 0. The van der Waals surface area contributed by atoms with Gasteiger partial charge in [-0.1, -0.05) is 13.8 Å². The number of hydrogen-bond acceptors (Lipinski definition) is 4. The lowest BCUT2D eigenvalue weighted by atomic mass is 10.2. The first-order chi connectivity index (χ1) is 6.87. The highest BCUT2D eigenvalue weighted by atomic mass is 32.2. The SMILES string of the molecule is CCOC(=O)CCS(=O)(=O)CCC(C)C. The summed E-state index contributed by atoms with van der Waals surface area (Å²) in [7, 11) is -3.09. The molecule has 90 valence electrons. The van der Waals surface area contributed by atoms with Crippen LogP contribution in [0.4, 0.5) is 0 Å². The second kappa shape index (κ2) is 6.82. The fourth-order valence-electron chi connectivity index (χ4n) is 0.989. The summed E-state index contributed by atoms with van der Waals surface area (Å²) < 4.78 is 27.5. The third kappa shape index (κ3) is 8.42. The third-order valence-corrected chi connectivity index (χ3v) is 3.61. The number of carbonyl (C=O) groups excluding carboxylic acids is 1. The maximum atomic E-state index is 11.4. The molecule has 5 heteroatoms. The van der Waals surface area contributed by atoms with Gasteiger partial charge in [0.15, 0.2) is 9.84 Å². The summed E-state index contributed by atoms with van der Waals surface area (Å²) in [5.41, 5.74) is 0. The minimum atomic E-state index is -3.09. The molecule has 0 radical (unpaired) electrons. The molecule has 0 saturated heterocycles. The fraction of sp³-hybridized carbons (Fsp3) is 0.900. The molecular formula is C10H20O4S. The van der Waals surface area contributed by atoms with Gasteiger partial charge in [0.25, 0.3) is 0 Å². The van der Waals surface area contributed by atoms with Gasteiger partial charge in [-0.3, -0.25) is 4.79 Å². The van der Waals surface area contributed by atoms with Gasteiger partial charge in [0.2, 0.25) is 0 Å². The predicted molar refractivity (Wildman–Crippen MR) is 59.4 cm³/mol. The lowest BCUT2D eigenvalue weighted by Crippen LogP contribution is -2.17. The highest BCUT2D eigenvalue weighted by molar-refractivity contribution is 7.91. The maximum Gasteiger partial charge on any atom is 0.306 e. The zero-order chi connectivity index (χ0) is 11.9. The molecule has 0 saturated carbocycles. The minimum Gasteiger partial charge on any atom is -0.466 e. The number of sulfone groups is 1. The second-order valence-electron chi connectivity index (χ2n) is 3.89. The molecule has 0 aliphatic carbocycles. The van der Waals surface area contributed by atoms with Gasteiger partial charge in [0.1, 0.15) is 0 Å². The molecule has 15 heavy (non-hydrogen) atoms. The number of rotatable bonds is 7. The minimum absolute atomic E-state index is 0.0335. The Morgan fingerprint density at radius 2 is 1.87 bits per heavy atom. The Labute approximate surface area is 91.9 Å². The van der Waals surface area contributed by atoms with Crippen LogP contribution in [0.25, 0.3) is 0 Å². The molecule has 0 N–H and O–H groups in total. The average Bonchev–Trinajstić information content (AvgIpc) is 2.13. The summed E-state index contributed by atoms with van der Waals surface area (Å²) >= 11 is 0. The molecule has 0 aromatic heterocycles. The van der Waals surface area contributed by atoms with Crippen molar-refractivity contribution in [3.8, 4) is 0 Å². The second-order valence-corrected chi connectivity index (χ2v) is 6.19. The van der Waals surface area contributed by atoms with Gasteiger partial charge < -0.3 is 4.74 Å². The van der Waals surface area contributed by atoms with Gasteiger partial charge in [0, 0.05) is 0 Å². The van der Waals surface area contributed by atoms with Crippen molar-refractivity contribution in [2.45, 2.75) is 33.6 Å². The molecule has 0 heterocycles. The van der Waals surface area contributed by atoms with Crippen LogP contribution in [-0.4, -0.2) is 32.5 Å². The van der Waals surface area contributed by atoms with E-state index in [-0.39, 0.29) is 17.9 Å². The molecule has 0 unspecified atom stereocenters. The Kier molecular flexibility index (Phi) is 6.56. The lowest BCUT2D eigenvalue weighted by Gasteiger charge is -2.06. The van der Waals surface area contributed by atoms with E-state index in [0.717, 1.165) is 0 Å². The summed E-state index contributed by atoms with van der Waals surface area (Å²) in [4.78, 5) is 10.9. The molecule has 0 fully saturated rings. The average molecular weight is 236 g/mol. The summed E-state index contributed by atoms with van der Waals surface area (Å²) in [5, 5.41) is 0. The van der Waals surface area contributed by atoms with Crippen molar-refractivity contribution < 1.29 is 17.9 Å². The molecule has 0 atom stereocenters. The van der Waals surface area contributed by atoms with E-state index >= 15 is 0 Å². The van der Waals surface area contributed by atoms with Crippen molar-refractivity contribution in [3.63, 3.8) is 0 Å². The summed E-state index contributed by atoms with van der Waals surface area (Å²) in [6, 6.07) is 0. The van der Waals surface area contributed by atoms with E-state index in [1.165, 1.54) is 0 Å². The van der Waals surface area contributed by atoms with E-state index in [0.29, 0.717) is 18.9 Å². The monoisotopic (exact) mass is 236 g/mol. The van der Waals surface area contributed by atoms with Crippen molar-refractivity contribution >= 4 is 15.8 Å². The van der Waals surface area contributed by atoms with Crippen LogP contribution in [-0.2, 0) is 19.4 Å². The van der Waals surface area contributed by atoms with E-state index in [1.54, 1.807) is 6.92 Å². The van der Waals surface area contributed by atoms with Gasteiger partial charge in [-0.15, -0.1) is 0 Å². The molecule has 4 nitrogen and oxygen atoms in total. The van der Waals surface area contributed by atoms with E-state index < -0.39 is 15.8 Å². The predicted octanol–water partition coefficient (Wildman–Crippen LogP) is 1.40. The van der Waals surface area contributed by atoms with Crippen LogP contribution >= 0.6 is 0 Å². The molecule has 0 bridgehead atoms. The fourth-order valence-corrected chi connectivity index (χ4v) is 2.50. The van der Waals surface area contributed by atoms with E-state index in [1.807, 2.05) is 13.8 Å². The van der Waals surface area contributed by atoms with Gasteiger partial charge in [-0.05, 0) is 19.3 Å². The molecule has 0 aliphatic heterocycles. The highest BCUT2D eigenvalue weighted by Crippen LogP contribution is 2.05. The summed E-state index contributed by atoms with van der Waals surface area (Å²) in [6.45, 7) is 5.94. The normalized spacial score (nSPS) is 11.7. The molecule has 0 spiro atoms. The Bertz CT molecular complexity index is 280. The highest BCUT2D eigenvalue weighted by Gasteiger charge is 2.14. The van der Waals surface area contributed by atoms with Crippen LogP contribution in [0.15, 0.2) is 0 Å². The van der Waals surface area contributed by atoms with Crippen LogP contribution in [0.3, 0.4) is 0 Å². The first kappa shape index (κ1) is 14.4. The van der Waals surface area contributed by atoms with E-state index in [4.69, 9.17) is 0 Å². The maximum absolute atomic E-state index is 11.4. The molecule has 0 amide bonds. The van der Waals surface area contributed by atoms with E-state index in [2.05, 4.69) is 4.74 Å². The molecule has 0 rings (SSSR count). The smallest absolute Gasteiger partial charge is 0.306 e. The van der Waals surface area contributed by atoms with Crippen molar-refractivity contribution in [1.82, 2.24) is 0 Å². The van der Waals surface area contributed by atoms with Crippen molar-refractivity contribution in [2.75, 3.05) is 18.1 Å². The van der Waals surface area contributed by atoms with Gasteiger partial charge in [-0.25, -0.2) is 8.42 Å². The standard InChI is InChI=1S/C10H20O4S/c1-4-14-10(11)6-8-15(12,13)7-5-9(2)3/h9H,4-8H2,1-3H3. The first-order valence-corrected chi connectivity index (χ1v) is 7.05. The van der Waals surface area contributed by atoms with Gasteiger partial charge in [-0.2, -0.15) is 0 Å². The Balaban J connectivity index is 3.89. The number of ether oxygens (including phenoxy) is 1. The number of esters is 1. The van der Waals surface area contributed by atoms with Crippen LogP contribution in [0.1, 0.15) is 33.6 Å². The molecule has 0 aliphatic rings. The van der Waals surface area contributed by atoms with Crippen LogP contribution in [0.5, 0.6) is 0 Å². The van der Waals surface area contributed by atoms with Crippen molar-refractivity contribution in [3.05, 3.63) is 0 Å². The Hall–Kier alpha value is -0.580. The van der Waals surface area contributed by atoms with Crippen molar-refractivity contribution in [1.29, 1.82) is 0 Å². The summed E-state index contributed by atoms with van der Waals surface area (Å²) in [6.07, 6.45) is 0.611. The zero-order valence-corrected chi connectivity index (χ0v) is 10.5. The molecule has 0 aromatic carbocycles. The van der Waals surface area contributed by atoms with Crippen LogP contribution in [0.2, 0.25) is 0 Å². The van der Waals surface area contributed by atoms with Gasteiger partial charge in [0.05, 0.1) is 24.5 Å². The third-order valence-electron chi connectivity index (χ3n) is 1.93. The Morgan fingerprint density at radius 3 is 2.33 bits per heavy atom. The topological polar surface area (TPSA) is 60.4 Å². The quantitative estimate of drug-likeness (QED) is 0.627. The van der Waals surface area contributed by atoms with E-state index in [9.17, 15) is 13.2 Å². The molecular weight excluding hydrogens is 216 g/mol. The van der Waals surface area contributed by atoms with Crippen LogP contribution in [0, 0.1) is 5.92 Å². The summed E-state index contributed by atoms with van der Waals surface area (Å²) in [5.74, 6) is -0.0178. The zero-order valence-electron chi connectivity index (χ0n) is 9.65. The van der Waals surface area contributed by atoms with Crippen LogP contribution < -0.4 is 0 Å². The Morgan fingerprint density at radius 1 is 1.27 bits per heavy atom. The number of carbonyl (C=O) groups is 1. The largest absolute Gasteiger partial charge is 0.466 e. The lowest BCUT2D eigenvalue weighted by molar-refractivity contribution is -0.142. The first-order valence-electron chi connectivity index (χ1n) is 5.23. The molecule has 0 aromatic rings. The van der Waals surface area contributed by atoms with Gasteiger partial charge >= 0.3 is 5.97 Å². The van der Waals surface area contributed by atoms with Crippen molar-refractivity contribution in [2.24, 2.45) is 5.92 Å².